The lowest BCUT2D eigenvalue weighted by Gasteiger charge is -2.32. The number of carbonyl (C=O) groups is 4. The molecule has 0 radical (unpaired) electrons. The average Bonchev–Trinajstić information content (AvgIpc) is 2.67. The molecule has 1 aliphatic carbocycles. The molecule has 3 amide bonds. The molecule has 0 bridgehead atoms. The van der Waals surface area contributed by atoms with Gasteiger partial charge in [0, 0.05) is 26.6 Å². The number of piperidine rings is 1. The quantitative estimate of drug-likeness (QED) is 0.674. The fourth-order valence-corrected chi connectivity index (χ4v) is 4.10. The van der Waals surface area contributed by atoms with Gasteiger partial charge in [0.2, 0.25) is 17.7 Å². The Morgan fingerprint density at radius 3 is 2.25 bits per heavy atom. The number of likely N-dealkylation sites (N-methyl/N-ethyl adjacent to an activating group) is 1. The minimum Gasteiger partial charge on any atom is -0.481 e. The lowest BCUT2D eigenvalue weighted by Crippen LogP contribution is -2.50. The molecule has 1 unspecified atom stereocenters. The molecule has 158 valence electrons. The molecule has 0 aromatic rings. The van der Waals surface area contributed by atoms with E-state index in [1.54, 1.807) is 18.9 Å². The van der Waals surface area contributed by atoms with Crippen molar-refractivity contribution >= 4 is 23.7 Å². The van der Waals surface area contributed by atoms with Gasteiger partial charge in [0.05, 0.1) is 12.5 Å². The van der Waals surface area contributed by atoms with Crippen LogP contribution in [-0.2, 0) is 19.2 Å². The predicted octanol–water partition coefficient (Wildman–Crippen LogP) is 1.24. The zero-order chi connectivity index (χ0) is 20.7. The van der Waals surface area contributed by atoms with Crippen molar-refractivity contribution in [3.8, 4) is 0 Å². The third-order valence-corrected chi connectivity index (χ3v) is 5.89. The molecule has 0 aromatic heterocycles. The molecule has 1 heterocycles. The molecule has 28 heavy (non-hydrogen) atoms. The topological polar surface area (TPSA) is 107 Å². The SMILES string of the molecule is CC(NC(=O)CC1CCCCC1)C(=O)N(C)CC(=O)N1CCC(C(=O)O)CC1. The largest absolute Gasteiger partial charge is 0.481 e. The fraction of sp³-hybridized carbons (Fsp3) is 0.800. The molecule has 1 atom stereocenters. The highest BCUT2D eigenvalue weighted by Gasteiger charge is 2.29. The van der Waals surface area contributed by atoms with Crippen molar-refractivity contribution in [2.75, 3.05) is 26.7 Å². The zero-order valence-electron chi connectivity index (χ0n) is 17.0. The van der Waals surface area contributed by atoms with Gasteiger partial charge < -0.3 is 20.2 Å². The number of hydrogen-bond acceptors (Lipinski definition) is 4. The van der Waals surface area contributed by atoms with Crippen LogP contribution in [0.1, 0.15) is 58.3 Å². The van der Waals surface area contributed by atoms with E-state index < -0.39 is 17.9 Å². The average molecular weight is 396 g/mol. The smallest absolute Gasteiger partial charge is 0.306 e. The van der Waals surface area contributed by atoms with E-state index in [4.69, 9.17) is 5.11 Å². The molecular formula is C20H33N3O5. The van der Waals surface area contributed by atoms with Gasteiger partial charge in [-0.25, -0.2) is 0 Å². The van der Waals surface area contributed by atoms with Crippen LogP contribution < -0.4 is 5.32 Å². The van der Waals surface area contributed by atoms with E-state index in [0.29, 0.717) is 38.3 Å². The van der Waals surface area contributed by atoms with E-state index in [2.05, 4.69) is 5.32 Å². The molecule has 2 fully saturated rings. The second-order valence-electron chi connectivity index (χ2n) is 8.18. The van der Waals surface area contributed by atoms with Gasteiger partial charge >= 0.3 is 5.97 Å². The van der Waals surface area contributed by atoms with Crippen molar-refractivity contribution in [3.63, 3.8) is 0 Å². The van der Waals surface area contributed by atoms with Crippen molar-refractivity contribution in [3.05, 3.63) is 0 Å². The number of carbonyl (C=O) groups excluding carboxylic acids is 3. The van der Waals surface area contributed by atoms with Gasteiger partial charge in [0.15, 0.2) is 0 Å². The first-order chi connectivity index (χ1) is 13.3. The van der Waals surface area contributed by atoms with Crippen LogP contribution >= 0.6 is 0 Å². The fourth-order valence-electron chi connectivity index (χ4n) is 4.10. The molecule has 2 aliphatic rings. The molecule has 8 heteroatoms. The Morgan fingerprint density at radius 1 is 1.07 bits per heavy atom. The predicted molar refractivity (Wildman–Crippen MR) is 103 cm³/mol. The first kappa shape index (κ1) is 22.2. The normalized spacial score (nSPS) is 19.7. The first-order valence-corrected chi connectivity index (χ1v) is 10.3. The van der Waals surface area contributed by atoms with Crippen LogP contribution in [0.5, 0.6) is 0 Å². The highest BCUT2D eigenvalue weighted by atomic mass is 16.4. The highest BCUT2D eigenvalue weighted by molar-refractivity contribution is 5.90. The minimum atomic E-state index is -0.822. The number of aliphatic carboxylic acids is 1. The molecule has 0 aromatic carbocycles. The van der Waals surface area contributed by atoms with Crippen molar-refractivity contribution in [2.45, 2.75) is 64.3 Å². The second-order valence-corrected chi connectivity index (χ2v) is 8.18. The molecule has 1 saturated carbocycles. The number of rotatable bonds is 7. The Balaban J connectivity index is 1.73. The van der Waals surface area contributed by atoms with Crippen LogP contribution in [0.3, 0.4) is 0 Å². The van der Waals surface area contributed by atoms with Crippen LogP contribution in [0.4, 0.5) is 0 Å². The summed E-state index contributed by atoms with van der Waals surface area (Å²) in [6, 6.07) is -0.674. The number of likely N-dealkylation sites (tertiary alicyclic amines) is 1. The summed E-state index contributed by atoms with van der Waals surface area (Å²) >= 11 is 0. The molecule has 2 rings (SSSR count). The van der Waals surface area contributed by atoms with Gasteiger partial charge in [-0.3, -0.25) is 19.2 Å². The van der Waals surface area contributed by atoms with E-state index in [9.17, 15) is 19.2 Å². The number of nitrogens with one attached hydrogen (secondary N) is 1. The third-order valence-electron chi connectivity index (χ3n) is 5.89. The Bertz CT molecular complexity index is 580. The van der Waals surface area contributed by atoms with Gasteiger partial charge in [0.25, 0.3) is 0 Å². The Hall–Kier alpha value is -2.12. The van der Waals surface area contributed by atoms with E-state index in [-0.39, 0.29) is 24.3 Å². The monoisotopic (exact) mass is 395 g/mol. The summed E-state index contributed by atoms with van der Waals surface area (Å²) in [5, 5.41) is 11.8. The number of carboxylic acids is 1. The summed E-state index contributed by atoms with van der Waals surface area (Å²) in [7, 11) is 1.55. The van der Waals surface area contributed by atoms with E-state index in [0.717, 1.165) is 12.8 Å². The Labute approximate surface area is 166 Å². The van der Waals surface area contributed by atoms with Gasteiger partial charge in [0.1, 0.15) is 6.04 Å². The van der Waals surface area contributed by atoms with Crippen LogP contribution in [0, 0.1) is 11.8 Å². The van der Waals surface area contributed by atoms with Gasteiger partial charge in [-0.2, -0.15) is 0 Å². The number of carboxylic acid groups (broad SMARTS) is 1. The number of nitrogens with zero attached hydrogens (tertiary/aromatic N) is 2. The summed E-state index contributed by atoms with van der Waals surface area (Å²) in [4.78, 5) is 51.0. The van der Waals surface area contributed by atoms with Crippen LogP contribution in [-0.4, -0.2) is 71.3 Å². The minimum absolute atomic E-state index is 0.0700. The number of hydrogen-bond donors (Lipinski definition) is 2. The summed E-state index contributed by atoms with van der Waals surface area (Å²) < 4.78 is 0. The van der Waals surface area contributed by atoms with Crippen LogP contribution in [0.2, 0.25) is 0 Å². The summed E-state index contributed by atoms with van der Waals surface area (Å²) in [5.74, 6) is -1.42. The van der Waals surface area contributed by atoms with Crippen LogP contribution in [0.15, 0.2) is 0 Å². The summed E-state index contributed by atoms with van der Waals surface area (Å²) in [6.45, 7) is 2.36. The van der Waals surface area contributed by atoms with E-state index >= 15 is 0 Å². The maximum absolute atomic E-state index is 12.5. The Kier molecular flexibility index (Phi) is 8.26. The van der Waals surface area contributed by atoms with Crippen molar-refractivity contribution in [2.24, 2.45) is 11.8 Å². The van der Waals surface area contributed by atoms with Crippen LogP contribution in [0.25, 0.3) is 0 Å². The van der Waals surface area contributed by atoms with Crippen molar-refractivity contribution in [1.29, 1.82) is 0 Å². The van der Waals surface area contributed by atoms with Gasteiger partial charge in [-0.1, -0.05) is 19.3 Å². The standard InChI is InChI=1S/C20H33N3O5/c1-14(21-17(24)12-15-6-4-3-5-7-15)19(26)22(2)13-18(25)23-10-8-16(9-11-23)20(27)28/h14-16H,3-13H2,1-2H3,(H,21,24)(H,27,28). The van der Waals surface area contributed by atoms with Gasteiger partial charge in [-0.15, -0.1) is 0 Å². The van der Waals surface area contributed by atoms with Crippen molar-refractivity contribution in [1.82, 2.24) is 15.1 Å². The lowest BCUT2D eigenvalue weighted by molar-refractivity contribution is -0.146. The molecule has 1 aliphatic heterocycles. The Morgan fingerprint density at radius 2 is 1.68 bits per heavy atom. The van der Waals surface area contributed by atoms with E-state index in [1.807, 2.05) is 0 Å². The third kappa shape index (κ3) is 6.49. The van der Waals surface area contributed by atoms with E-state index in [1.165, 1.54) is 24.2 Å². The number of amides is 3. The molecule has 0 spiro atoms. The molecule has 2 N–H and O–H groups in total. The molecular weight excluding hydrogens is 362 g/mol. The highest BCUT2D eigenvalue weighted by Crippen LogP contribution is 2.26. The zero-order valence-corrected chi connectivity index (χ0v) is 17.0. The first-order valence-electron chi connectivity index (χ1n) is 10.3. The molecule has 8 nitrogen and oxygen atoms in total. The van der Waals surface area contributed by atoms with Gasteiger partial charge in [-0.05, 0) is 38.5 Å². The van der Waals surface area contributed by atoms with Crippen molar-refractivity contribution < 1.29 is 24.3 Å². The maximum Gasteiger partial charge on any atom is 0.306 e. The lowest BCUT2D eigenvalue weighted by atomic mass is 9.87. The molecule has 1 saturated heterocycles. The summed E-state index contributed by atoms with van der Waals surface area (Å²) in [6.07, 6.45) is 7.05. The second kappa shape index (κ2) is 10.4. The summed E-state index contributed by atoms with van der Waals surface area (Å²) in [5.41, 5.74) is 0. The maximum atomic E-state index is 12.5.